The predicted octanol–water partition coefficient (Wildman–Crippen LogP) is 2.16. The van der Waals surface area contributed by atoms with E-state index >= 15 is 0 Å². The van der Waals surface area contributed by atoms with Crippen LogP contribution in [-0.4, -0.2) is 24.7 Å². The maximum Gasteiger partial charge on any atom is 0.323 e. The van der Waals surface area contributed by atoms with E-state index in [9.17, 15) is 4.79 Å². The number of ether oxygens (including phenoxy) is 1. The standard InChI is InChI=1S/C14H21NO2/c1-14(2,3)17-13(16)12(15-4)10-11-8-6-5-7-9-11/h5-9,12,15H,10H2,1-4H3/t12-/m0/s1. The zero-order chi connectivity index (χ0) is 12.9. The summed E-state index contributed by atoms with van der Waals surface area (Å²) >= 11 is 0. The first-order valence-electron chi connectivity index (χ1n) is 5.86. The molecule has 0 saturated heterocycles. The van der Waals surface area contributed by atoms with Crippen LogP contribution in [0.4, 0.5) is 0 Å². The Morgan fingerprint density at radius 3 is 2.35 bits per heavy atom. The first-order valence-corrected chi connectivity index (χ1v) is 5.86. The molecular formula is C14H21NO2. The Kier molecular flexibility index (Phi) is 4.70. The molecule has 0 fully saturated rings. The molecule has 0 bridgehead atoms. The van der Waals surface area contributed by atoms with Gasteiger partial charge in [0, 0.05) is 0 Å². The van der Waals surface area contributed by atoms with Crippen molar-refractivity contribution in [2.45, 2.75) is 38.8 Å². The highest BCUT2D eigenvalue weighted by Crippen LogP contribution is 2.11. The highest BCUT2D eigenvalue weighted by Gasteiger charge is 2.23. The van der Waals surface area contributed by atoms with Crippen LogP contribution in [-0.2, 0) is 16.0 Å². The molecule has 0 spiro atoms. The molecule has 0 aromatic heterocycles. The third-order valence-corrected chi connectivity index (χ3v) is 2.32. The molecule has 1 N–H and O–H groups in total. The number of benzene rings is 1. The normalized spacial score (nSPS) is 13.2. The lowest BCUT2D eigenvalue weighted by molar-refractivity contribution is -0.157. The number of nitrogens with one attached hydrogen (secondary N) is 1. The van der Waals surface area contributed by atoms with Crippen LogP contribution in [0.25, 0.3) is 0 Å². The van der Waals surface area contributed by atoms with E-state index in [1.165, 1.54) is 0 Å². The van der Waals surface area contributed by atoms with E-state index in [4.69, 9.17) is 4.74 Å². The summed E-state index contributed by atoms with van der Waals surface area (Å²) in [6, 6.07) is 9.62. The third-order valence-electron chi connectivity index (χ3n) is 2.32. The molecule has 3 nitrogen and oxygen atoms in total. The summed E-state index contributed by atoms with van der Waals surface area (Å²) < 4.78 is 5.36. The average molecular weight is 235 g/mol. The van der Waals surface area contributed by atoms with Crippen molar-refractivity contribution < 1.29 is 9.53 Å². The number of carbonyl (C=O) groups excluding carboxylic acids is 1. The molecule has 1 aromatic rings. The largest absolute Gasteiger partial charge is 0.459 e. The van der Waals surface area contributed by atoms with Gasteiger partial charge in [-0.25, -0.2) is 0 Å². The van der Waals surface area contributed by atoms with Gasteiger partial charge < -0.3 is 10.1 Å². The Hall–Kier alpha value is -1.35. The molecule has 0 radical (unpaired) electrons. The molecule has 0 amide bonds. The minimum atomic E-state index is -0.442. The van der Waals surface area contributed by atoms with Gasteiger partial charge in [0.25, 0.3) is 0 Å². The van der Waals surface area contributed by atoms with Gasteiger partial charge in [-0.1, -0.05) is 30.3 Å². The molecule has 0 saturated carbocycles. The molecule has 1 rings (SSSR count). The van der Waals surface area contributed by atoms with Crippen molar-refractivity contribution in [3.8, 4) is 0 Å². The summed E-state index contributed by atoms with van der Waals surface area (Å²) in [5.41, 5.74) is 0.681. The molecular weight excluding hydrogens is 214 g/mol. The van der Waals surface area contributed by atoms with Crippen molar-refractivity contribution in [1.82, 2.24) is 5.32 Å². The molecule has 94 valence electrons. The van der Waals surface area contributed by atoms with E-state index in [1.54, 1.807) is 7.05 Å². The highest BCUT2D eigenvalue weighted by atomic mass is 16.6. The summed E-state index contributed by atoms with van der Waals surface area (Å²) in [7, 11) is 1.78. The molecule has 1 atom stereocenters. The van der Waals surface area contributed by atoms with Crippen LogP contribution in [0.1, 0.15) is 26.3 Å². The first kappa shape index (κ1) is 13.7. The number of hydrogen-bond acceptors (Lipinski definition) is 3. The number of hydrogen-bond donors (Lipinski definition) is 1. The quantitative estimate of drug-likeness (QED) is 0.813. The second-order valence-electron chi connectivity index (χ2n) is 5.06. The fourth-order valence-electron chi connectivity index (χ4n) is 1.53. The second-order valence-corrected chi connectivity index (χ2v) is 5.06. The summed E-state index contributed by atoms with van der Waals surface area (Å²) in [4.78, 5) is 11.9. The van der Waals surface area contributed by atoms with Gasteiger partial charge in [0.1, 0.15) is 11.6 Å². The van der Waals surface area contributed by atoms with E-state index in [0.717, 1.165) is 5.56 Å². The van der Waals surface area contributed by atoms with Crippen LogP contribution in [0.3, 0.4) is 0 Å². The molecule has 0 unspecified atom stereocenters. The summed E-state index contributed by atoms with van der Waals surface area (Å²) in [6.07, 6.45) is 0.645. The number of likely N-dealkylation sites (N-methyl/N-ethyl adjacent to an activating group) is 1. The lowest BCUT2D eigenvalue weighted by Gasteiger charge is -2.23. The Morgan fingerprint density at radius 1 is 1.29 bits per heavy atom. The Labute approximate surface area is 103 Å². The van der Waals surface area contributed by atoms with Gasteiger partial charge in [0.15, 0.2) is 0 Å². The molecule has 0 aliphatic rings. The topological polar surface area (TPSA) is 38.3 Å². The van der Waals surface area contributed by atoms with E-state index in [-0.39, 0.29) is 12.0 Å². The third kappa shape index (κ3) is 5.00. The summed E-state index contributed by atoms with van der Waals surface area (Å²) in [6.45, 7) is 5.63. The smallest absolute Gasteiger partial charge is 0.323 e. The van der Waals surface area contributed by atoms with Crippen molar-refractivity contribution in [1.29, 1.82) is 0 Å². The fourth-order valence-corrected chi connectivity index (χ4v) is 1.53. The summed E-state index contributed by atoms with van der Waals surface area (Å²) in [5, 5.41) is 3.00. The van der Waals surface area contributed by atoms with E-state index in [0.29, 0.717) is 6.42 Å². The van der Waals surface area contributed by atoms with E-state index in [2.05, 4.69) is 5.32 Å². The van der Waals surface area contributed by atoms with E-state index < -0.39 is 5.60 Å². The van der Waals surface area contributed by atoms with Crippen LogP contribution in [0.15, 0.2) is 30.3 Å². The monoisotopic (exact) mass is 235 g/mol. The first-order chi connectivity index (χ1) is 7.92. The van der Waals surface area contributed by atoms with Crippen LogP contribution >= 0.6 is 0 Å². The SMILES string of the molecule is CN[C@@H](Cc1ccccc1)C(=O)OC(C)(C)C. The number of rotatable bonds is 4. The summed E-state index contributed by atoms with van der Waals surface area (Å²) in [5.74, 6) is -0.205. The van der Waals surface area contributed by atoms with Gasteiger partial charge in [-0.3, -0.25) is 4.79 Å². The van der Waals surface area contributed by atoms with Crippen molar-refractivity contribution in [3.05, 3.63) is 35.9 Å². The Balaban J connectivity index is 2.63. The molecule has 0 aliphatic carbocycles. The zero-order valence-corrected chi connectivity index (χ0v) is 11.0. The maximum absolute atomic E-state index is 11.9. The highest BCUT2D eigenvalue weighted by molar-refractivity contribution is 5.76. The van der Waals surface area contributed by atoms with Gasteiger partial charge in [-0.2, -0.15) is 0 Å². The van der Waals surface area contributed by atoms with Crippen LogP contribution in [0, 0.1) is 0 Å². The molecule has 0 heterocycles. The van der Waals surface area contributed by atoms with Crippen LogP contribution < -0.4 is 5.32 Å². The van der Waals surface area contributed by atoms with Crippen LogP contribution in [0.2, 0.25) is 0 Å². The van der Waals surface area contributed by atoms with Crippen molar-refractivity contribution >= 4 is 5.97 Å². The van der Waals surface area contributed by atoms with Gasteiger partial charge in [-0.15, -0.1) is 0 Å². The fraction of sp³-hybridized carbons (Fsp3) is 0.500. The molecule has 0 aliphatic heterocycles. The number of carbonyl (C=O) groups is 1. The van der Waals surface area contributed by atoms with Gasteiger partial charge >= 0.3 is 5.97 Å². The van der Waals surface area contributed by atoms with Crippen LogP contribution in [0.5, 0.6) is 0 Å². The Morgan fingerprint density at radius 2 is 1.88 bits per heavy atom. The number of esters is 1. The minimum absolute atomic E-state index is 0.205. The van der Waals surface area contributed by atoms with E-state index in [1.807, 2.05) is 51.1 Å². The lowest BCUT2D eigenvalue weighted by atomic mass is 10.1. The average Bonchev–Trinajstić information content (AvgIpc) is 2.24. The zero-order valence-electron chi connectivity index (χ0n) is 11.0. The Bertz CT molecular complexity index is 354. The predicted molar refractivity (Wildman–Crippen MR) is 68.8 cm³/mol. The minimum Gasteiger partial charge on any atom is -0.459 e. The van der Waals surface area contributed by atoms with Gasteiger partial charge in [-0.05, 0) is 39.8 Å². The van der Waals surface area contributed by atoms with Crippen molar-refractivity contribution in [3.63, 3.8) is 0 Å². The van der Waals surface area contributed by atoms with Gasteiger partial charge in [0.2, 0.25) is 0 Å². The van der Waals surface area contributed by atoms with Crippen molar-refractivity contribution in [2.24, 2.45) is 0 Å². The van der Waals surface area contributed by atoms with Gasteiger partial charge in [0.05, 0.1) is 0 Å². The second kappa shape index (κ2) is 5.82. The maximum atomic E-state index is 11.9. The molecule has 3 heteroatoms. The molecule has 1 aromatic carbocycles. The molecule has 17 heavy (non-hydrogen) atoms. The van der Waals surface area contributed by atoms with Crippen molar-refractivity contribution in [2.75, 3.05) is 7.05 Å². The lowest BCUT2D eigenvalue weighted by Crippen LogP contribution is -2.41.